The van der Waals surface area contributed by atoms with Crippen LogP contribution in [-0.2, 0) is 11.2 Å². The molecule has 0 aromatic heterocycles. The van der Waals surface area contributed by atoms with Gasteiger partial charge in [-0.1, -0.05) is 69.7 Å². The lowest BCUT2D eigenvalue weighted by Crippen LogP contribution is -2.53. The van der Waals surface area contributed by atoms with Gasteiger partial charge in [0.25, 0.3) is 0 Å². The topological polar surface area (TPSA) is 37.3 Å². The fourth-order valence-corrected chi connectivity index (χ4v) is 8.43. The minimum absolute atomic E-state index is 0.0672. The van der Waals surface area contributed by atoms with Crippen molar-refractivity contribution in [3.8, 4) is 0 Å². The molecule has 3 aliphatic rings. The van der Waals surface area contributed by atoms with Gasteiger partial charge in [0, 0.05) is 5.41 Å². The van der Waals surface area contributed by atoms with Gasteiger partial charge >= 0.3 is 0 Å². The van der Waals surface area contributed by atoms with E-state index in [-0.39, 0.29) is 22.3 Å². The van der Waals surface area contributed by atoms with Crippen LogP contribution in [0.15, 0.2) is 42.5 Å². The molecule has 3 unspecified atom stereocenters. The first-order valence-electron chi connectivity index (χ1n) is 12.6. The summed E-state index contributed by atoms with van der Waals surface area (Å²) in [7, 11) is 0. The van der Waals surface area contributed by atoms with E-state index >= 15 is 0 Å². The summed E-state index contributed by atoms with van der Waals surface area (Å²) in [6, 6.07) is 10.7. The van der Waals surface area contributed by atoms with Crippen LogP contribution in [0.3, 0.4) is 0 Å². The van der Waals surface area contributed by atoms with Crippen molar-refractivity contribution in [2.24, 2.45) is 34.0 Å². The number of carbonyl (C=O) groups is 1. The summed E-state index contributed by atoms with van der Waals surface area (Å²) in [6.07, 6.45) is 9.07. The first kappa shape index (κ1) is 22.8. The molecule has 170 valence electrons. The summed E-state index contributed by atoms with van der Waals surface area (Å²) >= 11 is 0. The lowest BCUT2D eigenvalue weighted by atomic mass is 9.46. The monoisotopic (exact) mass is 422 g/mol. The molecule has 3 aliphatic carbocycles. The van der Waals surface area contributed by atoms with Crippen molar-refractivity contribution < 1.29 is 9.90 Å². The van der Waals surface area contributed by atoms with E-state index in [9.17, 15) is 9.90 Å². The molecule has 2 nitrogen and oxygen atoms in total. The van der Waals surface area contributed by atoms with Gasteiger partial charge < -0.3 is 5.11 Å². The Balaban J connectivity index is 1.67. The molecule has 1 N–H and O–H groups in total. The van der Waals surface area contributed by atoms with E-state index in [2.05, 4.69) is 57.7 Å². The average Bonchev–Trinajstić information content (AvgIpc) is 3.04. The highest BCUT2D eigenvalue weighted by Crippen LogP contribution is 2.69. The summed E-state index contributed by atoms with van der Waals surface area (Å²) in [4.78, 5) is 13.3. The van der Waals surface area contributed by atoms with Crippen LogP contribution in [0.1, 0.15) is 84.6 Å². The Morgan fingerprint density at radius 2 is 1.74 bits per heavy atom. The number of rotatable bonds is 5. The van der Waals surface area contributed by atoms with Gasteiger partial charge in [-0.05, 0) is 92.4 Å². The smallest absolute Gasteiger partial charge is 0.136 e. The van der Waals surface area contributed by atoms with Crippen molar-refractivity contribution in [1.82, 2.24) is 0 Å². The van der Waals surface area contributed by atoms with Crippen LogP contribution < -0.4 is 0 Å². The summed E-state index contributed by atoms with van der Waals surface area (Å²) in [5, 5.41) is 10.2. The van der Waals surface area contributed by atoms with Crippen LogP contribution in [0.25, 0.3) is 0 Å². The first-order valence-corrected chi connectivity index (χ1v) is 12.6. The number of fused-ring (bicyclic) bond motifs is 1. The standard InChI is InChI=1S/C29H42O2/c1-6-24-25(27(4)15-12-23(31)18-20(27)2)13-16-28(5)26(24)14-17-29(28,21(3)30)19-22-10-8-7-9-11-22/h7-11,23-26,31H,2,6,12-19H2,1,3-5H3/t23-,24?,25?,26?,27-,28-,29-/m0/s1. The third-order valence-electron chi connectivity index (χ3n) is 10.4. The van der Waals surface area contributed by atoms with Crippen LogP contribution in [-0.4, -0.2) is 17.0 Å². The van der Waals surface area contributed by atoms with Crippen molar-refractivity contribution in [2.75, 3.05) is 0 Å². The number of benzene rings is 1. The zero-order valence-electron chi connectivity index (χ0n) is 20.1. The van der Waals surface area contributed by atoms with Gasteiger partial charge in [-0.3, -0.25) is 4.79 Å². The second kappa shape index (κ2) is 8.18. The Morgan fingerprint density at radius 1 is 1.06 bits per heavy atom. The fraction of sp³-hybridized carbons (Fsp3) is 0.690. The second-order valence-corrected chi connectivity index (χ2v) is 11.5. The van der Waals surface area contributed by atoms with Gasteiger partial charge in [0.15, 0.2) is 0 Å². The average molecular weight is 423 g/mol. The predicted octanol–water partition coefficient (Wildman–Crippen LogP) is 6.76. The molecule has 0 aliphatic heterocycles. The molecule has 7 atom stereocenters. The maximum atomic E-state index is 13.3. The van der Waals surface area contributed by atoms with Gasteiger partial charge in [-0.2, -0.15) is 0 Å². The molecule has 4 rings (SSSR count). The van der Waals surface area contributed by atoms with E-state index in [0.29, 0.717) is 23.5 Å². The van der Waals surface area contributed by atoms with Crippen LogP contribution in [0, 0.1) is 34.0 Å². The second-order valence-electron chi connectivity index (χ2n) is 11.5. The summed E-state index contributed by atoms with van der Waals surface area (Å²) in [5.74, 6) is 2.24. The molecule has 0 spiro atoms. The number of Topliss-reactive ketones (excluding diaryl/α,β-unsaturated/α-hetero) is 1. The van der Waals surface area contributed by atoms with E-state index < -0.39 is 0 Å². The highest BCUT2D eigenvalue weighted by atomic mass is 16.3. The summed E-state index contributed by atoms with van der Waals surface area (Å²) in [5.41, 5.74) is 2.52. The third kappa shape index (κ3) is 3.45. The van der Waals surface area contributed by atoms with Gasteiger partial charge in [0.05, 0.1) is 6.10 Å². The molecule has 0 bridgehead atoms. The quantitative estimate of drug-likeness (QED) is 0.532. The molecular weight excluding hydrogens is 380 g/mol. The lowest BCUT2D eigenvalue weighted by molar-refractivity contribution is -0.140. The maximum Gasteiger partial charge on any atom is 0.136 e. The summed E-state index contributed by atoms with van der Waals surface area (Å²) in [6.45, 7) is 13.6. The molecule has 0 amide bonds. The minimum atomic E-state index is -0.238. The fourth-order valence-electron chi connectivity index (χ4n) is 8.43. The van der Waals surface area contributed by atoms with E-state index in [4.69, 9.17) is 0 Å². The minimum Gasteiger partial charge on any atom is -0.393 e. The van der Waals surface area contributed by atoms with Gasteiger partial charge in [0.1, 0.15) is 5.78 Å². The number of hydrogen-bond donors (Lipinski definition) is 1. The van der Waals surface area contributed by atoms with Crippen molar-refractivity contribution in [3.05, 3.63) is 48.0 Å². The van der Waals surface area contributed by atoms with Crippen molar-refractivity contribution in [1.29, 1.82) is 0 Å². The number of aliphatic hydroxyl groups excluding tert-OH is 1. The molecule has 3 fully saturated rings. The van der Waals surface area contributed by atoms with Crippen LogP contribution in [0.2, 0.25) is 0 Å². The first-order chi connectivity index (χ1) is 14.7. The Bertz CT molecular complexity index is 828. The maximum absolute atomic E-state index is 13.3. The largest absolute Gasteiger partial charge is 0.393 e. The summed E-state index contributed by atoms with van der Waals surface area (Å²) < 4.78 is 0. The van der Waals surface area contributed by atoms with Gasteiger partial charge in [-0.15, -0.1) is 0 Å². The number of carbonyl (C=O) groups excluding carboxylic acids is 1. The van der Waals surface area contributed by atoms with Crippen LogP contribution in [0.5, 0.6) is 0 Å². The van der Waals surface area contributed by atoms with Crippen molar-refractivity contribution in [3.63, 3.8) is 0 Å². The zero-order chi connectivity index (χ0) is 22.4. The number of hydrogen-bond acceptors (Lipinski definition) is 2. The Morgan fingerprint density at radius 3 is 2.35 bits per heavy atom. The van der Waals surface area contributed by atoms with Crippen molar-refractivity contribution >= 4 is 5.78 Å². The van der Waals surface area contributed by atoms with Gasteiger partial charge in [0.2, 0.25) is 0 Å². The van der Waals surface area contributed by atoms with E-state index in [1.165, 1.54) is 30.4 Å². The van der Waals surface area contributed by atoms with Gasteiger partial charge in [-0.25, -0.2) is 0 Å². The molecule has 3 saturated carbocycles. The molecule has 2 heteroatoms. The molecular formula is C29H42O2. The molecule has 0 saturated heterocycles. The lowest BCUT2D eigenvalue weighted by Gasteiger charge is -2.57. The zero-order valence-corrected chi connectivity index (χ0v) is 20.1. The highest BCUT2D eigenvalue weighted by Gasteiger charge is 2.64. The SMILES string of the molecule is C=C1C[C@@H](O)CC[C@]1(C)C1CC[C@@]2(C)C(CC[C@]2(Cc2ccccc2)C(C)=O)C1CC. The highest BCUT2D eigenvalue weighted by molar-refractivity contribution is 5.84. The molecule has 0 radical (unpaired) electrons. The van der Waals surface area contributed by atoms with Crippen LogP contribution in [0.4, 0.5) is 0 Å². The predicted molar refractivity (Wildman–Crippen MR) is 128 cm³/mol. The number of aliphatic hydroxyl groups is 1. The van der Waals surface area contributed by atoms with E-state index in [1.54, 1.807) is 0 Å². The van der Waals surface area contributed by atoms with Crippen LogP contribution >= 0.6 is 0 Å². The Hall–Kier alpha value is -1.41. The Kier molecular flexibility index (Phi) is 6.01. The van der Waals surface area contributed by atoms with E-state index in [0.717, 1.165) is 38.5 Å². The molecule has 0 heterocycles. The van der Waals surface area contributed by atoms with E-state index in [1.807, 2.05) is 6.92 Å². The normalized spacial score (nSPS) is 42.9. The number of ketones is 1. The molecule has 31 heavy (non-hydrogen) atoms. The third-order valence-corrected chi connectivity index (χ3v) is 10.4. The molecule has 1 aromatic carbocycles. The van der Waals surface area contributed by atoms with Crippen molar-refractivity contribution in [2.45, 2.75) is 91.6 Å². The molecule has 1 aromatic rings. The Labute approximate surface area is 189 Å².